The molecule has 0 fully saturated rings. The van der Waals surface area contributed by atoms with Crippen LogP contribution in [0.15, 0.2) is 0 Å². The number of ether oxygens (including phenoxy) is 3. The van der Waals surface area contributed by atoms with E-state index in [-0.39, 0.29) is 25.2 Å². The minimum atomic E-state index is -0.376. The number of rotatable bonds is 10. The van der Waals surface area contributed by atoms with Gasteiger partial charge in [-0.3, -0.25) is 9.59 Å². The zero-order valence-corrected chi connectivity index (χ0v) is 10.5. The number of nitrogens with one attached hydrogen (secondary N) is 1. The molecular formula is C11H21NO5. The second kappa shape index (κ2) is 11.3. The summed E-state index contributed by atoms with van der Waals surface area (Å²) in [4.78, 5) is 21.5. The summed E-state index contributed by atoms with van der Waals surface area (Å²) < 4.78 is 14.6. The number of esters is 2. The van der Waals surface area contributed by atoms with E-state index in [1.54, 1.807) is 0 Å². The van der Waals surface area contributed by atoms with Crippen molar-refractivity contribution in [1.82, 2.24) is 5.32 Å². The molecule has 1 N–H and O–H groups in total. The van der Waals surface area contributed by atoms with Gasteiger partial charge in [0.25, 0.3) is 0 Å². The lowest BCUT2D eigenvalue weighted by molar-refractivity contribution is -0.150. The molecule has 0 saturated carbocycles. The van der Waals surface area contributed by atoms with E-state index in [1.165, 1.54) is 6.92 Å². The summed E-state index contributed by atoms with van der Waals surface area (Å²) in [5, 5.41) is 3.05. The Morgan fingerprint density at radius 2 is 1.76 bits per heavy atom. The fourth-order valence-corrected chi connectivity index (χ4v) is 1.02. The Hall–Kier alpha value is -1.14. The molecule has 17 heavy (non-hydrogen) atoms. The molecule has 0 aliphatic carbocycles. The van der Waals surface area contributed by atoms with Crippen molar-refractivity contribution in [3.8, 4) is 0 Å². The van der Waals surface area contributed by atoms with Crippen molar-refractivity contribution in [2.45, 2.75) is 20.3 Å². The number of hydrogen-bond donors (Lipinski definition) is 1. The Labute approximate surface area is 102 Å². The Bertz CT molecular complexity index is 220. The van der Waals surface area contributed by atoms with Crippen molar-refractivity contribution in [3.05, 3.63) is 0 Å². The van der Waals surface area contributed by atoms with Crippen molar-refractivity contribution in [2.24, 2.45) is 0 Å². The molecule has 6 heteroatoms. The van der Waals surface area contributed by atoms with Crippen LogP contribution in [-0.4, -0.2) is 51.5 Å². The molecule has 0 spiro atoms. The topological polar surface area (TPSA) is 73.9 Å². The molecule has 0 saturated heterocycles. The highest BCUT2D eigenvalue weighted by molar-refractivity contribution is 5.69. The van der Waals surface area contributed by atoms with Gasteiger partial charge >= 0.3 is 11.9 Å². The maximum Gasteiger partial charge on any atom is 0.307 e. The van der Waals surface area contributed by atoms with Crippen LogP contribution in [0.25, 0.3) is 0 Å². The first kappa shape index (κ1) is 15.9. The van der Waals surface area contributed by atoms with Gasteiger partial charge in [-0.05, 0) is 6.92 Å². The molecule has 0 amide bonds. The first-order valence-corrected chi connectivity index (χ1v) is 5.74. The summed E-state index contributed by atoms with van der Waals surface area (Å²) in [6, 6.07) is 0. The van der Waals surface area contributed by atoms with E-state index in [0.717, 1.165) is 0 Å². The summed E-state index contributed by atoms with van der Waals surface area (Å²) in [5.41, 5.74) is 0. The average Bonchev–Trinajstić information content (AvgIpc) is 2.29. The maximum absolute atomic E-state index is 11.1. The molecular weight excluding hydrogens is 226 g/mol. The van der Waals surface area contributed by atoms with Crippen LogP contribution >= 0.6 is 0 Å². The predicted molar refractivity (Wildman–Crippen MR) is 61.6 cm³/mol. The minimum Gasteiger partial charge on any atom is -0.462 e. The Morgan fingerprint density at radius 1 is 1.06 bits per heavy atom. The van der Waals surface area contributed by atoms with Gasteiger partial charge < -0.3 is 19.5 Å². The van der Waals surface area contributed by atoms with Gasteiger partial charge in [0.15, 0.2) is 0 Å². The monoisotopic (exact) mass is 247 g/mol. The quantitative estimate of drug-likeness (QED) is 0.436. The molecule has 100 valence electrons. The Balaban J connectivity index is 3.20. The normalized spacial score (nSPS) is 10.0. The SMILES string of the molecule is CCOCCNCCC(=O)OCCOC(C)=O. The van der Waals surface area contributed by atoms with Crippen molar-refractivity contribution in [3.63, 3.8) is 0 Å². The van der Waals surface area contributed by atoms with E-state index in [2.05, 4.69) is 10.1 Å². The molecule has 0 rings (SSSR count). The second-order valence-corrected chi connectivity index (χ2v) is 3.26. The van der Waals surface area contributed by atoms with E-state index in [4.69, 9.17) is 9.47 Å². The molecule has 0 heterocycles. The summed E-state index contributed by atoms with van der Waals surface area (Å²) in [6.07, 6.45) is 0.298. The van der Waals surface area contributed by atoms with E-state index in [0.29, 0.717) is 32.7 Å². The molecule has 0 unspecified atom stereocenters. The van der Waals surface area contributed by atoms with E-state index in [1.807, 2.05) is 6.92 Å². The van der Waals surface area contributed by atoms with Crippen LogP contribution in [-0.2, 0) is 23.8 Å². The van der Waals surface area contributed by atoms with Gasteiger partial charge in [0.1, 0.15) is 13.2 Å². The lowest BCUT2D eigenvalue weighted by atomic mass is 10.4. The third-order valence-corrected chi connectivity index (χ3v) is 1.78. The summed E-state index contributed by atoms with van der Waals surface area (Å²) in [6.45, 7) is 6.06. The molecule has 0 radical (unpaired) electrons. The Morgan fingerprint density at radius 3 is 2.41 bits per heavy atom. The molecule has 0 aliphatic rings. The zero-order valence-electron chi connectivity index (χ0n) is 10.5. The molecule has 0 aromatic carbocycles. The lowest BCUT2D eigenvalue weighted by Gasteiger charge is -2.06. The molecule has 6 nitrogen and oxygen atoms in total. The zero-order chi connectivity index (χ0) is 12.9. The van der Waals surface area contributed by atoms with Crippen molar-refractivity contribution < 1.29 is 23.8 Å². The number of carbonyl (C=O) groups is 2. The molecule has 0 aromatic heterocycles. The highest BCUT2D eigenvalue weighted by atomic mass is 16.6. The molecule has 0 aliphatic heterocycles. The van der Waals surface area contributed by atoms with Crippen LogP contribution in [0.3, 0.4) is 0 Å². The fraction of sp³-hybridized carbons (Fsp3) is 0.818. The lowest BCUT2D eigenvalue weighted by Crippen LogP contribution is -2.24. The highest BCUT2D eigenvalue weighted by Crippen LogP contribution is 1.86. The van der Waals surface area contributed by atoms with Crippen LogP contribution in [0.1, 0.15) is 20.3 Å². The standard InChI is InChI=1S/C11H21NO5/c1-3-15-7-6-12-5-4-11(14)17-9-8-16-10(2)13/h12H,3-9H2,1-2H3. The van der Waals surface area contributed by atoms with E-state index in [9.17, 15) is 9.59 Å². The summed E-state index contributed by atoms with van der Waals surface area (Å²) in [7, 11) is 0. The molecule has 0 aromatic rings. The van der Waals surface area contributed by atoms with Crippen molar-refractivity contribution in [2.75, 3.05) is 39.5 Å². The minimum absolute atomic E-state index is 0.108. The van der Waals surface area contributed by atoms with Gasteiger partial charge in [0.2, 0.25) is 0 Å². The van der Waals surface area contributed by atoms with Crippen LogP contribution in [0.5, 0.6) is 0 Å². The van der Waals surface area contributed by atoms with Crippen LogP contribution in [0, 0.1) is 0 Å². The van der Waals surface area contributed by atoms with Crippen molar-refractivity contribution >= 4 is 11.9 Å². The van der Waals surface area contributed by atoms with E-state index >= 15 is 0 Å². The largest absolute Gasteiger partial charge is 0.462 e. The Kier molecular flexibility index (Phi) is 10.6. The third kappa shape index (κ3) is 12.8. The third-order valence-electron chi connectivity index (χ3n) is 1.78. The predicted octanol–water partition coefficient (Wildman–Crippen LogP) is 0.109. The summed E-state index contributed by atoms with van der Waals surface area (Å²) in [5.74, 6) is -0.681. The van der Waals surface area contributed by atoms with Gasteiger partial charge in [0.05, 0.1) is 13.0 Å². The molecule has 0 atom stereocenters. The van der Waals surface area contributed by atoms with Crippen LogP contribution in [0.4, 0.5) is 0 Å². The van der Waals surface area contributed by atoms with Gasteiger partial charge in [-0.15, -0.1) is 0 Å². The first-order chi connectivity index (χ1) is 8.16. The molecule has 0 bridgehead atoms. The van der Waals surface area contributed by atoms with Gasteiger partial charge in [-0.25, -0.2) is 0 Å². The summed E-state index contributed by atoms with van der Waals surface area (Å²) >= 11 is 0. The first-order valence-electron chi connectivity index (χ1n) is 5.74. The fourth-order valence-electron chi connectivity index (χ4n) is 1.02. The smallest absolute Gasteiger partial charge is 0.307 e. The second-order valence-electron chi connectivity index (χ2n) is 3.26. The highest BCUT2D eigenvalue weighted by Gasteiger charge is 2.02. The maximum atomic E-state index is 11.1. The number of carbonyl (C=O) groups excluding carboxylic acids is 2. The van der Waals surface area contributed by atoms with Gasteiger partial charge in [0, 0.05) is 26.6 Å². The van der Waals surface area contributed by atoms with Crippen LogP contribution in [0.2, 0.25) is 0 Å². The van der Waals surface area contributed by atoms with Crippen LogP contribution < -0.4 is 5.32 Å². The van der Waals surface area contributed by atoms with Gasteiger partial charge in [-0.1, -0.05) is 0 Å². The van der Waals surface area contributed by atoms with Crippen molar-refractivity contribution in [1.29, 1.82) is 0 Å². The number of hydrogen-bond acceptors (Lipinski definition) is 6. The average molecular weight is 247 g/mol. The van der Waals surface area contributed by atoms with E-state index < -0.39 is 0 Å². The van der Waals surface area contributed by atoms with Gasteiger partial charge in [-0.2, -0.15) is 0 Å².